The fraction of sp³-hybridized carbons (Fsp3) is 0.125. The van der Waals surface area contributed by atoms with E-state index in [1.807, 2.05) is 13.8 Å². The number of furan rings is 1. The summed E-state index contributed by atoms with van der Waals surface area (Å²) in [6, 6.07) is 11.3. The van der Waals surface area contributed by atoms with Crippen molar-refractivity contribution in [3.05, 3.63) is 81.1 Å². The molecule has 3 aromatic rings. The standard InChI is InChI=1S/C24H19N3O7/c1-13-4-5-15(10-14(13)2)26-23(29)19(22(28)25-24(26)30)12-17-7-9-21(34-17)18-11-16(27(31)32)6-8-20(18)33-3/h4-12H,1-3H3,(H,25,28,30)/b19-12+. The number of benzene rings is 2. The first-order valence-electron chi connectivity index (χ1n) is 10.1. The number of non-ortho nitro benzene ring substituents is 1. The van der Waals surface area contributed by atoms with E-state index in [1.54, 1.807) is 18.2 Å². The summed E-state index contributed by atoms with van der Waals surface area (Å²) in [7, 11) is 1.42. The summed E-state index contributed by atoms with van der Waals surface area (Å²) in [6.07, 6.45) is 1.21. The molecule has 2 heterocycles. The molecular weight excluding hydrogens is 442 g/mol. The van der Waals surface area contributed by atoms with E-state index < -0.39 is 22.8 Å². The van der Waals surface area contributed by atoms with Gasteiger partial charge in [-0.05, 0) is 61.4 Å². The van der Waals surface area contributed by atoms with E-state index in [0.717, 1.165) is 16.0 Å². The van der Waals surface area contributed by atoms with Gasteiger partial charge in [0, 0.05) is 12.1 Å². The van der Waals surface area contributed by atoms with Crippen LogP contribution in [0.1, 0.15) is 16.9 Å². The van der Waals surface area contributed by atoms with Crippen molar-refractivity contribution < 1.29 is 28.5 Å². The summed E-state index contributed by atoms with van der Waals surface area (Å²) in [5.41, 5.74) is 2.06. The topological polar surface area (TPSA) is 132 Å². The van der Waals surface area contributed by atoms with Gasteiger partial charge in [0.05, 0.1) is 23.3 Å². The maximum absolute atomic E-state index is 13.1. The molecule has 0 spiro atoms. The van der Waals surface area contributed by atoms with Gasteiger partial charge < -0.3 is 9.15 Å². The SMILES string of the molecule is COc1ccc([N+](=O)[O-])cc1-c1ccc(/C=C2\C(=O)NC(=O)N(c3ccc(C)c(C)c3)C2=O)o1. The molecule has 1 N–H and O–H groups in total. The van der Waals surface area contributed by atoms with E-state index in [1.165, 1.54) is 43.5 Å². The number of rotatable bonds is 5. The van der Waals surface area contributed by atoms with Crippen LogP contribution in [0.2, 0.25) is 0 Å². The molecule has 2 aromatic carbocycles. The Morgan fingerprint density at radius 2 is 1.79 bits per heavy atom. The highest BCUT2D eigenvalue weighted by Gasteiger charge is 2.37. The lowest BCUT2D eigenvalue weighted by molar-refractivity contribution is -0.384. The highest BCUT2D eigenvalue weighted by Crippen LogP contribution is 2.35. The number of nitrogens with one attached hydrogen (secondary N) is 1. The number of carbonyl (C=O) groups excluding carboxylic acids is 3. The van der Waals surface area contributed by atoms with Crippen molar-refractivity contribution in [3.8, 4) is 17.1 Å². The van der Waals surface area contributed by atoms with E-state index in [2.05, 4.69) is 5.32 Å². The van der Waals surface area contributed by atoms with Gasteiger partial charge in [0.2, 0.25) is 0 Å². The number of methoxy groups -OCH3 is 1. The minimum atomic E-state index is -0.860. The number of imide groups is 2. The summed E-state index contributed by atoms with van der Waals surface area (Å²) in [6.45, 7) is 3.75. The van der Waals surface area contributed by atoms with Gasteiger partial charge in [0.15, 0.2) is 0 Å². The molecule has 0 saturated carbocycles. The van der Waals surface area contributed by atoms with Gasteiger partial charge in [-0.3, -0.25) is 25.0 Å². The molecule has 0 aliphatic carbocycles. The molecule has 1 aliphatic heterocycles. The van der Waals surface area contributed by atoms with Crippen molar-refractivity contribution in [2.24, 2.45) is 0 Å². The van der Waals surface area contributed by atoms with Crippen LogP contribution < -0.4 is 15.0 Å². The molecule has 1 aromatic heterocycles. The van der Waals surface area contributed by atoms with Crippen molar-refractivity contribution >= 4 is 35.3 Å². The Kier molecular flexibility index (Phi) is 5.72. The predicted molar refractivity (Wildman–Crippen MR) is 122 cm³/mol. The number of aryl methyl sites for hydroxylation is 2. The van der Waals surface area contributed by atoms with Crippen LogP contribution in [-0.4, -0.2) is 29.9 Å². The Hall–Kier alpha value is -4.73. The molecule has 34 heavy (non-hydrogen) atoms. The van der Waals surface area contributed by atoms with Gasteiger partial charge in [-0.2, -0.15) is 0 Å². The van der Waals surface area contributed by atoms with Gasteiger partial charge in [-0.1, -0.05) is 6.07 Å². The first-order valence-corrected chi connectivity index (χ1v) is 10.1. The molecule has 1 saturated heterocycles. The smallest absolute Gasteiger partial charge is 0.335 e. The highest BCUT2D eigenvalue weighted by atomic mass is 16.6. The second-order valence-corrected chi connectivity index (χ2v) is 7.57. The molecule has 0 atom stereocenters. The quantitative estimate of drug-likeness (QED) is 0.261. The van der Waals surface area contributed by atoms with Gasteiger partial charge in [0.25, 0.3) is 17.5 Å². The monoisotopic (exact) mass is 461 g/mol. The summed E-state index contributed by atoms with van der Waals surface area (Å²) in [5, 5.41) is 13.3. The Bertz CT molecular complexity index is 1390. The van der Waals surface area contributed by atoms with Crippen molar-refractivity contribution in [2.45, 2.75) is 13.8 Å². The number of hydrogen-bond donors (Lipinski definition) is 1. The first kappa shape index (κ1) is 22.5. The third-order valence-electron chi connectivity index (χ3n) is 5.42. The molecular formula is C24H19N3O7. The van der Waals surface area contributed by atoms with Gasteiger partial charge in [-0.25, -0.2) is 9.69 Å². The molecule has 0 unspecified atom stereocenters. The zero-order chi connectivity index (χ0) is 24.6. The lowest BCUT2D eigenvalue weighted by Gasteiger charge is -2.26. The molecule has 10 heteroatoms. The minimum absolute atomic E-state index is 0.136. The van der Waals surface area contributed by atoms with Crippen molar-refractivity contribution in [2.75, 3.05) is 12.0 Å². The van der Waals surface area contributed by atoms with Crippen molar-refractivity contribution in [3.63, 3.8) is 0 Å². The van der Waals surface area contributed by atoms with Gasteiger partial charge in [0.1, 0.15) is 22.8 Å². The van der Waals surface area contributed by atoms with Crippen LogP contribution >= 0.6 is 0 Å². The van der Waals surface area contributed by atoms with Crippen LogP contribution in [-0.2, 0) is 9.59 Å². The Balaban J connectivity index is 1.71. The molecule has 0 bridgehead atoms. The minimum Gasteiger partial charge on any atom is -0.496 e. The lowest BCUT2D eigenvalue weighted by atomic mass is 10.1. The van der Waals surface area contributed by atoms with E-state index in [4.69, 9.17) is 9.15 Å². The van der Waals surface area contributed by atoms with Crippen LogP contribution in [0.5, 0.6) is 5.75 Å². The largest absolute Gasteiger partial charge is 0.496 e. The molecule has 4 amide bonds. The molecule has 4 rings (SSSR count). The van der Waals surface area contributed by atoms with Crippen molar-refractivity contribution in [1.29, 1.82) is 0 Å². The van der Waals surface area contributed by atoms with Crippen molar-refractivity contribution in [1.82, 2.24) is 5.32 Å². The van der Waals surface area contributed by atoms with Crippen LogP contribution in [0.25, 0.3) is 17.4 Å². The fourth-order valence-electron chi connectivity index (χ4n) is 3.48. The van der Waals surface area contributed by atoms with Gasteiger partial charge >= 0.3 is 6.03 Å². The molecule has 0 radical (unpaired) electrons. The first-order chi connectivity index (χ1) is 16.2. The average molecular weight is 461 g/mol. The highest BCUT2D eigenvalue weighted by molar-refractivity contribution is 6.39. The normalized spacial score (nSPS) is 15.0. The number of barbiturate groups is 1. The average Bonchev–Trinajstić information content (AvgIpc) is 3.27. The maximum atomic E-state index is 13.1. The second kappa shape index (κ2) is 8.66. The zero-order valence-corrected chi connectivity index (χ0v) is 18.4. The fourth-order valence-corrected chi connectivity index (χ4v) is 3.48. The van der Waals surface area contributed by atoms with E-state index in [0.29, 0.717) is 17.0 Å². The van der Waals surface area contributed by atoms with Crippen LogP contribution in [0.3, 0.4) is 0 Å². The second-order valence-electron chi connectivity index (χ2n) is 7.57. The molecule has 172 valence electrons. The number of anilines is 1. The number of amides is 4. The summed E-state index contributed by atoms with van der Waals surface area (Å²) >= 11 is 0. The van der Waals surface area contributed by atoms with E-state index >= 15 is 0 Å². The molecule has 1 aliphatic rings. The van der Waals surface area contributed by atoms with Crippen LogP contribution in [0, 0.1) is 24.0 Å². The van der Waals surface area contributed by atoms with E-state index in [9.17, 15) is 24.5 Å². The lowest BCUT2D eigenvalue weighted by Crippen LogP contribution is -2.54. The van der Waals surface area contributed by atoms with Gasteiger partial charge in [-0.15, -0.1) is 0 Å². The third kappa shape index (κ3) is 4.04. The number of nitro benzene ring substituents is 1. The predicted octanol–water partition coefficient (Wildman–Crippen LogP) is 4.15. The summed E-state index contributed by atoms with van der Waals surface area (Å²) in [5.74, 6) is -0.949. The summed E-state index contributed by atoms with van der Waals surface area (Å²) in [4.78, 5) is 49.4. The number of urea groups is 1. The maximum Gasteiger partial charge on any atom is 0.335 e. The molecule has 1 fully saturated rings. The number of carbonyl (C=O) groups is 3. The number of nitro groups is 1. The Labute approximate surface area is 193 Å². The zero-order valence-electron chi connectivity index (χ0n) is 18.4. The summed E-state index contributed by atoms with van der Waals surface area (Å²) < 4.78 is 11.0. The van der Waals surface area contributed by atoms with Crippen LogP contribution in [0.15, 0.2) is 58.5 Å². The Morgan fingerprint density at radius 1 is 1.03 bits per heavy atom. The number of nitrogens with zero attached hydrogens (tertiary/aromatic N) is 2. The third-order valence-corrected chi connectivity index (χ3v) is 5.42. The number of ether oxygens (including phenoxy) is 1. The van der Waals surface area contributed by atoms with Crippen LogP contribution in [0.4, 0.5) is 16.2 Å². The van der Waals surface area contributed by atoms with E-state index in [-0.39, 0.29) is 22.8 Å². The number of hydrogen-bond acceptors (Lipinski definition) is 7. The molecule has 10 nitrogen and oxygen atoms in total. The Morgan fingerprint density at radius 3 is 2.47 bits per heavy atom.